The highest BCUT2D eigenvalue weighted by molar-refractivity contribution is 6.40. The van der Waals surface area contributed by atoms with Gasteiger partial charge in [-0.15, -0.1) is 13.2 Å². The zero-order valence-corrected chi connectivity index (χ0v) is 18.9. The summed E-state index contributed by atoms with van der Waals surface area (Å²) in [6.07, 6.45) is -5.87. The number of para-hydroxylation sites is 1. The number of hydrogen-bond acceptors (Lipinski definition) is 4. The fraction of sp³-hybridized carbons (Fsp3) is 0.174. The molecule has 180 valence electrons. The van der Waals surface area contributed by atoms with Crippen molar-refractivity contribution in [3.63, 3.8) is 0 Å². The molecule has 34 heavy (non-hydrogen) atoms. The summed E-state index contributed by atoms with van der Waals surface area (Å²) in [7, 11) is 0. The van der Waals surface area contributed by atoms with Gasteiger partial charge in [0.15, 0.2) is 0 Å². The lowest BCUT2D eigenvalue weighted by Gasteiger charge is -2.16. The van der Waals surface area contributed by atoms with E-state index < -0.39 is 30.9 Å². The minimum absolute atomic E-state index is 0.0130. The average molecular weight is 515 g/mol. The summed E-state index contributed by atoms with van der Waals surface area (Å²) in [4.78, 5) is 12.3. The molecule has 0 radical (unpaired) electrons. The van der Waals surface area contributed by atoms with Crippen LogP contribution in [0.4, 0.5) is 23.7 Å². The quantitative estimate of drug-likeness (QED) is 0.315. The van der Waals surface area contributed by atoms with Crippen molar-refractivity contribution < 1.29 is 32.9 Å². The van der Waals surface area contributed by atoms with Gasteiger partial charge in [-0.3, -0.25) is 0 Å². The molecule has 3 aromatic rings. The first-order valence-electron chi connectivity index (χ1n) is 9.84. The Morgan fingerprint density at radius 1 is 1.03 bits per heavy atom. The molecule has 0 aromatic heterocycles. The van der Waals surface area contributed by atoms with E-state index in [1.165, 1.54) is 30.3 Å². The molecule has 1 unspecified atom stereocenters. The summed E-state index contributed by atoms with van der Waals surface area (Å²) in [6, 6.07) is 14.2. The number of aliphatic hydroxyl groups excluding tert-OH is 2. The molecule has 0 aliphatic carbocycles. The van der Waals surface area contributed by atoms with Gasteiger partial charge in [-0.1, -0.05) is 65.7 Å². The van der Waals surface area contributed by atoms with Crippen LogP contribution in [0.1, 0.15) is 17.2 Å². The van der Waals surface area contributed by atoms with Crippen LogP contribution in [-0.2, 0) is 6.54 Å². The maximum absolute atomic E-state index is 12.7. The number of aliphatic hydroxyl groups is 2. The number of nitrogens with one attached hydrogen (secondary N) is 2. The Balaban J connectivity index is 1.70. The van der Waals surface area contributed by atoms with Gasteiger partial charge < -0.3 is 25.6 Å². The van der Waals surface area contributed by atoms with Crippen molar-refractivity contribution in [3.05, 3.63) is 81.8 Å². The molecule has 0 heterocycles. The molecular formula is C23H19Cl2F3N2O4. The van der Waals surface area contributed by atoms with E-state index in [2.05, 4.69) is 15.4 Å². The third kappa shape index (κ3) is 6.77. The summed E-state index contributed by atoms with van der Waals surface area (Å²) in [5, 5.41) is 23.8. The largest absolute Gasteiger partial charge is 0.573 e. The van der Waals surface area contributed by atoms with Crippen molar-refractivity contribution in [3.8, 4) is 16.9 Å². The Morgan fingerprint density at radius 2 is 1.65 bits per heavy atom. The van der Waals surface area contributed by atoms with E-state index in [1.807, 2.05) is 0 Å². The molecular weight excluding hydrogens is 496 g/mol. The minimum atomic E-state index is -4.90. The smallest absolute Gasteiger partial charge is 0.405 e. The number of benzene rings is 3. The van der Waals surface area contributed by atoms with E-state index >= 15 is 0 Å². The van der Waals surface area contributed by atoms with Gasteiger partial charge in [-0.2, -0.15) is 0 Å². The summed E-state index contributed by atoms with van der Waals surface area (Å²) in [6.45, 7) is -0.228. The van der Waals surface area contributed by atoms with Crippen LogP contribution in [0.5, 0.6) is 5.75 Å². The second-order valence-corrected chi connectivity index (χ2v) is 7.92. The van der Waals surface area contributed by atoms with E-state index in [9.17, 15) is 23.1 Å². The fourth-order valence-electron chi connectivity index (χ4n) is 3.11. The van der Waals surface area contributed by atoms with Crippen molar-refractivity contribution >= 4 is 34.9 Å². The molecule has 3 aromatic carbocycles. The molecule has 0 saturated heterocycles. The number of carbonyl (C=O) groups is 1. The second-order valence-electron chi connectivity index (χ2n) is 7.11. The fourth-order valence-corrected chi connectivity index (χ4v) is 3.80. The van der Waals surface area contributed by atoms with Crippen LogP contribution in [0.3, 0.4) is 0 Å². The van der Waals surface area contributed by atoms with Gasteiger partial charge in [0.25, 0.3) is 0 Å². The minimum Gasteiger partial charge on any atom is -0.405 e. The highest BCUT2D eigenvalue weighted by atomic mass is 35.5. The van der Waals surface area contributed by atoms with E-state index in [0.29, 0.717) is 5.56 Å². The van der Waals surface area contributed by atoms with Crippen LogP contribution >= 0.6 is 23.2 Å². The second kappa shape index (κ2) is 11.0. The molecule has 3 rings (SSSR count). The number of hydrogen-bond donors (Lipinski definition) is 4. The van der Waals surface area contributed by atoms with Crippen LogP contribution in [0.15, 0.2) is 60.7 Å². The highest BCUT2D eigenvalue weighted by Gasteiger charge is 2.32. The van der Waals surface area contributed by atoms with Crippen molar-refractivity contribution in [1.82, 2.24) is 5.32 Å². The molecule has 4 N–H and O–H groups in total. The van der Waals surface area contributed by atoms with Gasteiger partial charge in [-0.05, 0) is 29.3 Å². The normalized spacial score (nSPS) is 12.2. The molecule has 0 saturated carbocycles. The molecule has 1 atom stereocenters. The zero-order valence-electron chi connectivity index (χ0n) is 17.4. The lowest BCUT2D eigenvalue weighted by molar-refractivity contribution is -0.274. The molecule has 11 heteroatoms. The molecule has 0 spiro atoms. The van der Waals surface area contributed by atoms with E-state index in [4.69, 9.17) is 28.3 Å². The molecule has 0 aliphatic rings. The standard InChI is InChI=1S/C23H19Cl2F3N2O4/c24-17-9-15(30-22(33)29-11-13-5-7-14(8-6-13)19(32)12-31)10-18(25)21(17)16-3-1-2-4-20(16)34-23(26,27)28/h1-10,19,31-32H,11-12H2,(H2,29,30,33). The third-order valence-electron chi connectivity index (χ3n) is 4.67. The number of carbonyl (C=O) groups excluding carboxylic acids is 1. The molecule has 0 fully saturated rings. The van der Waals surface area contributed by atoms with E-state index in [-0.39, 0.29) is 33.4 Å². The SMILES string of the molecule is O=C(NCc1ccc(C(O)CO)cc1)Nc1cc(Cl)c(-c2ccccc2OC(F)(F)F)c(Cl)c1. The summed E-state index contributed by atoms with van der Waals surface area (Å²) < 4.78 is 42.3. The maximum atomic E-state index is 12.7. The maximum Gasteiger partial charge on any atom is 0.573 e. The molecule has 2 amide bonds. The van der Waals surface area contributed by atoms with Crippen molar-refractivity contribution in [2.45, 2.75) is 19.0 Å². The molecule has 0 aliphatic heterocycles. The number of urea groups is 1. The Labute approximate surface area is 202 Å². The summed E-state index contributed by atoms with van der Waals surface area (Å²) >= 11 is 12.6. The van der Waals surface area contributed by atoms with Crippen LogP contribution in [0.2, 0.25) is 10.0 Å². The van der Waals surface area contributed by atoms with Crippen molar-refractivity contribution in [1.29, 1.82) is 0 Å². The molecule has 0 bridgehead atoms. The van der Waals surface area contributed by atoms with Crippen LogP contribution in [0, 0.1) is 0 Å². The van der Waals surface area contributed by atoms with Crippen LogP contribution in [0.25, 0.3) is 11.1 Å². The summed E-state index contributed by atoms with van der Waals surface area (Å²) in [5.74, 6) is -0.463. The van der Waals surface area contributed by atoms with E-state index in [0.717, 1.165) is 11.6 Å². The zero-order chi connectivity index (χ0) is 24.9. The van der Waals surface area contributed by atoms with Gasteiger partial charge in [0.1, 0.15) is 11.9 Å². The first-order valence-corrected chi connectivity index (χ1v) is 10.6. The first-order chi connectivity index (χ1) is 16.1. The average Bonchev–Trinajstić information content (AvgIpc) is 2.77. The van der Waals surface area contributed by atoms with Gasteiger partial charge in [-0.25, -0.2) is 4.79 Å². The number of alkyl halides is 3. The predicted octanol–water partition coefficient (Wildman–Crippen LogP) is 5.91. The monoisotopic (exact) mass is 514 g/mol. The number of halogens is 5. The van der Waals surface area contributed by atoms with E-state index in [1.54, 1.807) is 24.3 Å². The van der Waals surface area contributed by atoms with Crippen molar-refractivity contribution in [2.24, 2.45) is 0 Å². The Bertz CT molecular complexity index is 1130. The van der Waals surface area contributed by atoms with Crippen molar-refractivity contribution in [2.75, 3.05) is 11.9 Å². The van der Waals surface area contributed by atoms with Gasteiger partial charge in [0.05, 0.1) is 16.7 Å². The number of ether oxygens (including phenoxy) is 1. The highest BCUT2D eigenvalue weighted by Crippen LogP contribution is 2.42. The van der Waals surface area contributed by atoms with Gasteiger partial charge in [0.2, 0.25) is 0 Å². The Hall–Kier alpha value is -2.98. The number of anilines is 1. The number of amides is 2. The summed E-state index contributed by atoms with van der Waals surface area (Å²) in [5.41, 5.74) is 1.69. The van der Waals surface area contributed by atoms with Gasteiger partial charge in [0, 0.05) is 23.4 Å². The topological polar surface area (TPSA) is 90.8 Å². The van der Waals surface area contributed by atoms with Crippen LogP contribution in [-0.4, -0.2) is 29.2 Å². The Morgan fingerprint density at radius 3 is 2.24 bits per heavy atom. The third-order valence-corrected chi connectivity index (χ3v) is 5.27. The van der Waals surface area contributed by atoms with Crippen LogP contribution < -0.4 is 15.4 Å². The van der Waals surface area contributed by atoms with Gasteiger partial charge >= 0.3 is 12.4 Å². The Kier molecular flexibility index (Phi) is 8.27. The molecule has 6 nitrogen and oxygen atoms in total. The lowest BCUT2D eigenvalue weighted by atomic mass is 10.0. The number of rotatable bonds is 7. The first kappa shape index (κ1) is 25.6. The lowest BCUT2D eigenvalue weighted by Crippen LogP contribution is -2.28. The predicted molar refractivity (Wildman–Crippen MR) is 123 cm³/mol.